The first-order chi connectivity index (χ1) is 3.83. The lowest BCUT2D eigenvalue weighted by molar-refractivity contribution is 0.934. The molecule has 0 bridgehead atoms. The molecule has 1 heterocycles. The second kappa shape index (κ2) is 1.90. The first-order valence-electron chi connectivity index (χ1n) is 2.65. The van der Waals surface area contributed by atoms with Gasteiger partial charge < -0.3 is 5.43 Å². The zero-order valence-corrected chi connectivity index (χ0v) is 5.18. The van der Waals surface area contributed by atoms with Crippen LogP contribution in [-0.4, -0.2) is 11.7 Å². The van der Waals surface area contributed by atoms with Crippen LogP contribution < -0.4 is 5.43 Å². The van der Waals surface area contributed by atoms with Crippen molar-refractivity contribution in [1.82, 2.24) is 4.68 Å². The summed E-state index contributed by atoms with van der Waals surface area (Å²) in [4.78, 5) is 0. The SMILES string of the molecule is CNn1ccc(C)c1. The molecule has 1 N–H and O–H groups in total. The summed E-state index contributed by atoms with van der Waals surface area (Å²) >= 11 is 0. The molecule has 1 aromatic heterocycles. The van der Waals surface area contributed by atoms with Crippen LogP contribution in [0.4, 0.5) is 0 Å². The number of nitrogens with zero attached hydrogens (tertiary/aromatic N) is 1. The molecular formula is C6H10N2. The molecule has 0 amide bonds. The lowest BCUT2D eigenvalue weighted by Crippen LogP contribution is -2.04. The Hall–Kier alpha value is -0.920. The summed E-state index contributed by atoms with van der Waals surface area (Å²) in [6, 6.07) is 2.05. The van der Waals surface area contributed by atoms with Crippen molar-refractivity contribution in [1.29, 1.82) is 0 Å². The molecule has 0 aliphatic heterocycles. The van der Waals surface area contributed by atoms with Gasteiger partial charge in [-0.05, 0) is 18.6 Å². The Morgan fingerprint density at radius 2 is 2.38 bits per heavy atom. The Labute approximate surface area is 49.1 Å². The van der Waals surface area contributed by atoms with E-state index in [-0.39, 0.29) is 0 Å². The van der Waals surface area contributed by atoms with Crippen molar-refractivity contribution in [3.8, 4) is 0 Å². The van der Waals surface area contributed by atoms with E-state index in [0.717, 1.165) is 0 Å². The fourth-order valence-corrected chi connectivity index (χ4v) is 0.642. The van der Waals surface area contributed by atoms with E-state index < -0.39 is 0 Å². The van der Waals surface area contributed by atoms with E-state index >= 15 is 0 Å². The molecule has 8 heavy (non-hydrogen) atoms. The number of aryl methyl sites for hydroxylation is 1. The maximum atomic E-state index is 2.96. The van der Waals surface area contributed by atoms with Crippen molar-refractivity contribution >= 4 is 0 Å². The van der Waals surface area contributed by atoms with Crippen LogP contribution in [0.3, 0.4) is 0 Å². The molecule has 0 radical (unpaired) electrons. The van der Waals surface area contributed by atoms with Gasteiger partial charge in [0.05, 0.1) is 0 Å². The fourth-order valence-electron chi connectivity index (χ4n) is 0.642. The van der Waals surface area contributed by atoms with Crippen LogP contribution in [0.2, 0.25) is 0 Å². The first kappa shape index (κ1) is 5.22. The summed E-state index contributed by atoms with van der Waals surface area (Å²) in [6.45, 7) is 2.06. The molecule has 0 aliphatic rings. The summed E-state index contributed by atoms with van der Waals surface area (Å²) in [5.74, 6) is 0. The molecule has 1 rings (SSSR count). The highest BCUT2D eigenvalue weighted by Crippen LogP contribution is 1.93. The van der Waals surface area contributed by atoms with Gasteiger partial charge in [-0.1, -0.05) is 0 Å². The zero-order valence-electron chi connectivity index (χ0n) is 5.18. The van der Waals surface area contributed by atoms with Crippen molar-refractivity contribution in [3.63, 3.8) is 0 Å². The van der Waals surface area contributed by atoms with Crippen LogP contribution in [0.15, 0.2) is 18.5 Å². The van der Waals surface area contributed by atoms with Crippen molar-refractivity contribution in [2.45, 2.75) is 6.92 Å². The van der Waals surface area contributed by atoms with Gasteiger partial charge in [0, 0.05) is 19.4 Å². The third-order valence-corrected chi connectivity index (χ3v) is 1.10. The van der Waals surface area contributed by atoms with E-state index in [0.29, 0.717) is 0 Å². The second-order valence-electron chi connectivity index (χ2n) is 1.82. The van der Waals surface area contributed by atoms with Crippen LogP contribution in [0.5, 0.6) is 0 Å². The molecule has 0 atom stereocenters. The van der Waals surface area contributed by atoms with Crippen LogP contribution in [0.1, 0.15) is 5.56 Å². The van der Waals surface area contributed by atoms with E-state index in [1.807, 2.05) is 24.1 Å². The average molecular weight is 110 g/mol. The molecule has 0 spiro atoms. The normalized spacial score (nSPS) is 9.25. The standard InChI is InChI=1S/C6H10N2/c1-6-3-4-8(5-6)7-2/h3-5,7H,1-2H3. The van der Waals surface area contributed by atoms with Crippen molar-refractivity contribution < 1.29 is 0 Å². The van der Waals surface area contributed by atoms with Gasteiger partial charge >= 0.3 is 0 Å². The molecule has 0 aliphatic carbocycles. The predicted octanol–water partition coefficient (Wildman–Crippen LogP) is 0.970. The topological polar surface area (TPSA) is 17.0 Å². The molecular weight excluding hydrogens is 100 g/mol. The van der Waals surface area contributed by atoms with Crippen LogP contribution in [0, 0.1) is 6.92 Å². The Morgan fingerprint density at radius 3 is 2.62 bits per heavy atom. The molecule has 0 saturated carbocycles. The van der Waals surface area contributed by atoms with Gasteiger partial charge in [0.2, 0.25) is 0 Å². The number of rotatable bonds is 1. The highest BCUT2D eigenvalue weighted by molar-refractivity contribution is 5.07. The highest BCUT2D eigenvalue weighted by atomic mass is 15.4. The molecule has 0 fully saturated rings. The summed E-state index contributed by atoms with van der Waals surface area (Å²) in [5.41, 5.74) is 4.24. The fraction of sp³-hybridized carbons (Fsp3) is 0.333. The van der Waals surface area contributed by atoms with Gasteiger partial charge in [-0.3, -0.25) is 4.68 Å². The molecule has 44 valence electrons. The predicted molar refractivity (Wildman–Crippen MR) is 34.5 cm³/mol. The Bertz CT molecular complexity index is 167. The third-order valence-electron chi connectivity index (χ3n) is 1.10. The van der Waals surface area contributed by atoms with Crippen LogP contribution >= 0.6 is 0 Å². The number of aromatic nitrogens is 1. The van der Waals surface area contributed by atoms with Crippen molar-refractivity contribution in [3.05, 3.63) is 24.0 Å². The Morgan fingerprint density at radius 1 is 1.62 bits per heavy atom. The molecule has 1 aromatic rings. The van der Waals surface area contributed by atoms with Crippen molar-refractivity contribution in [2.75, 3.05) is 12.5 Å². The van der Waals surface area contributed by atoms with Crippen molar-refractivity contribution in [2.24, 2.45) is 0 Å². The lowest BCUT2D eigenvalue weighted by Gasteiger charge is -1.95. The lowest BCUT2D eigenvalue weighted by atomic mass is 10.4. The molecule has 2 heteroatoms. The maximum Gasteiger partial charge on any atom is 0.0287 e. The largest absolute Gasteiger partial charge is 0.330 e. The molecule has 2 nitrogen and oxygen atoms in total. The van der Waals surface area contributed by atoms with E-state index in [9.17, 15) is 0 Å². The van der Waals surface area contributed by atoms with Gasteiger partial charge in [0.25, 0.3) is 0 Å². The third kappa shape index (κ3) is 0.832. The molecule has 0 unspecified atom stereocenters. The van der Waals surface area contributed by atoms with Gasteiger partial charge in [-0.15, -0.1) is 0 Å². The Balaban J connectivity index is 2.84. The average Bonchev–Trinajstić information content (AvgIpc) is 2.14. The van der Waals surface area contributed by atoms with Gasteiger partial charge in [0.1, 0.15) is 0 Å². The first-order valence-corrected chi connectivity index (χ1v) is 2.65. The number of hydrogen-bond acceptors (Lipinski definition) is 1. The summed E-state index contributed by atoms with van der Waals surface area (Å²) < 4.78 is 1.91. The second-order valence-corrected chi connectivity index (χ2v) is 1.82. The number of nitrogens with one attached hydrogen (secondary N) is 1. The van der Waals surface area contributed by atoms with E-state index in [2.05, 4.69) is 18.4 Å². The summed E-state index contributed by atoms with van der Waals surface area (Å²) in [5, 5.41) is 0. The van der Waals surface area contributed by atoms with Gasteiger partial charge in [-0.2, -0.15) is 0 Å². The van der Waals surface area contributed by atoms with E-state index in [1.54, 1.807) is 0 Å². The van der Waals surface area contributed by atoms with Gasteiger partial charge in [0.15, 0.2) is 0 Å². The van der Waals surface area contributed by atoms with E-state index in [4.69, 9.17) is 0 Å². The minimum atomic E-state index is 1.28. The van der Waals surface area contributed by atoms with Gasteiger partial charge in [-0.25, -0.2) is 0 Å². The minimum Gasteiger partial charge on any atom is -0.330 e. The van der Waals surface area contributed by atoms with Crippen LogP contribution in [0.25, 0.3) is 0 Å². The summed E-state index contributed by atoms with van der Waals surface area (Å²) in [6.07, 6.45) is 4.01. The summed E-state index contributed by atoms with van der Waals surface area (Å²) in [7, 11) is 1.89. The minimum absolute atomic E-state index is 1.28. The highest BCUT2D eigenvalue weighted by Gasteiger charge is 1.83. The smallest absolute Gasteiger partial charge is 0.0287 e. The number of hydrogen-bond donors (Lipinski definition) is 1. The molecule has 0 saturated heterocycles. The molecule has 0 aromatic carbocycles. The quantitative estimate of drug-likeness (QED) is 0.570. The van der Waals surface area contributed by atoms with Crippen LogP contribution in [-0.2, 0) is 0 Å². The maximum absolute atomic E-state index is 2.96. The van der Waals surface area contributed by atoms with E-state index in [1.165, 1.54) is 5.56 Å². The monoisotopic (exact) mass is 110 g/mol. The zero-order chi connectivity index (χ0) is 5.98. The Kier molecular flexibility index (Phi) is 1.24.